The minimum atomic E-state index is -0.559. The van der Waals surface area contributed by atoms with Gasteiger partial charge in [-0.1, -0.05) is 18.9 Å². The summed E-state index contributed by atoms with van der Waals surface area (Å²) in [7, 11) is 0. The lowest BCUT2D eigenvalue weighted by Crippen LogP contribution is -2.39. The fourth-order valence-electron chi connectivity index (χ4n) is 1.27. The van der Waals surface area contributed by atoms with Crippen LogP contribution in [0.5, 0.6) is 0 Å². The van der Waals surface area contributed by atoms with Crippen LogP contribution in [0.4, 0.5) is 6.01 Å². The molecule has 1 heterocycles. The molecule has 0 spiro atoms. The molecule has 1 aliphatic rings. The minimum Gasteiger partial charge on any atom is -0.408 e. The maximum absolute atomic E-state index is 11.6. The Kier molecular flexibility index (Phi) is 2.91. The van der Waals surface area contributed by atoms with Crippen molar-refractivity contribution >= 4 is 11.9 Å². The number of carbonyl (C=O) groups excluding carboxylic acids is 1. The van der Waals surface area contributed by atoms with Crippen LogP contribution in [0, 0.1) is 5.92 Å². The van der Waals surface area contributed by atoms with Crippen molar-refractivity contribution in [1.29, 1.82) is 0 Å². The van der Waals surface area contributed by atoms with E-state index in [-0.39, 0.29) is 17.8 Å². The molecule has 0 unspecified atom stereocenters. The molecule has 2 rings (SSSR count). The smallest absolute Gasteiger partial charge is 0.322 e. The van der Waals surface area contributed by atoms with Gasteiger partial charge in [-0.15, -0.1) is 5.10 Å². The van der Waals surface area contributed by atoms with Crippen LogP contribution < -0.4 is 11.1 Å². The summed E-state index contributed by atoms with van der Waals surface area (Å²) in [6.45, 7) is 3.77. The normalized spacial score (nSPS) is 17.5. The van der Waals surface area contributed by atoms with Crippen molar-refractivity contribution in [3.63, 3.8) is 0 Å². The summed E-state index contributed by atoms with van der Waals surface area (Å²) in [4.78, 5) is 11.6. The van der Waals surface area contributed by atoms with Gasteiger partial charge in [-0.05, 0) is 18.8 Å². The molecule has 6 nitrogen and oxygen atoms in total. The number of amides is 1. The van der Waals surface area contributed by atoms with Gasteiger partial charge in [-0.2, -0.15) is 0 Å². The van der Waals surface area contributed by atoms with Gasteiger partial charge in [0.05, 0.1) is 6.04 Å². The lowest BCUT2D eigenvalue weighted by molar-refractivity contribution is -0.118. The van der Waals surface area contributed by atoms with Crippen LogP contribution in [0.25, 0.3) is 0 Å². The summed E-state index contributed by atoms with van der Waals surface area (Å²) >= 11 is 0. The molecule has 0 aliphatic heterocycles. The molecule has 1 amide bonds. The first-order chi connectivity index (χ1) is 7.58. The molecule has 3 N–H and O–H groups in total. The Labute approximate surface area is 93.6 Å². The van der Waals surface area contributed by atoms with Crippen LogP contribution in [0.15, 0.2) is 4.42 Å². The Balaban J connectivity index is 1.94. The van der Waals surface area contributed by atoms with Crippen molar-refractivity contribution in [2.45, 2.75) is 38.6 Å². The molecule has 88 valence electrons. The Morgan fingerprint density at radius 3 is 2.75 bits per heavy atom. The highest BCUT2D eigenvalue weighted by molar-refractivity contribution is 5.92. The van der Waals surface area contributed by atoms with Crippen LogP contribution in [0.2, 0.25) is 0 Å². The van der Waals surface area contributed by atoms with Gasteiger partial charge < -0.3 is 10.2 Å². The third kappa shape index (κ3) is 2.38. The number of nitrogens with zero attached hydrogens (tertiary/aromatic N) is 2. The summed E-state index contributed by atoms with van der Waals surface area (Å²) < 4.78 is 5.30. The zero-order chi connectivity index (χ0) is 11.7. The lowest BCUT2D eigenvalue weighted by atomic mass is 10.1. The molecule has 1 aromatic rings. The molecule has 1 aliphatic carbocycles. The second-order valence-electron chi connectivity index (χ2n) is 4.48. The third-order valence-electron chi connectivity index (χ3n) is 2.62. The standard InChI is InChI=1S/C10H16N4O2/c1-5(2)7(11)8(15)12-10-14-13-9(16-10)6-3-4-6/h5-7H,3-4,11H2,1-2H3,(H,12,14,15)/t7-/m0/s1. The molecule has 6 heteroatoms. The maximum Gasteiger partial charge on any atom is 0.322 e. The van der Waals surface area contributed by atoms with Gasteiger partial charge in [-0.3, -0.25) is 10.1 Å². The van der Waals surface area contributed by atoms with E-state index in [9.17, 15) is 4.79 Å². The fourth-order valence-corrected chi connectivity index (χ4v) is 1.27. The Bertz CT molecular complexity index is 384. The maximum atomic E-state index is 11.6. The van der Waals surface area contributed by atoms with Crippen LogP contribution >= 0.6 is 0 Å². The van der Waals surface area contributed by atoms with Gasteiger partial charge in [0.1, 0.15) is 0 Å². The fraction of sp³-hybridized carbons (Fsp3) is 0.700. The Morgan fingerprint density at radius 2 is 2.19 bits per heavy atom. The molecular weight excluding hydrogens is 208 g/mol. The van der Waals surface area contributed by atoms with Gasteiger partial charge >= 0.3 is 6.01 Å². The number of anilines is 1. The number of nitrogens with two attached hydrogens (primary N) is 1. The Morgan fingerprint density at radius 1 is 1.50 bits per heavy atom. The van der Waals surface area contributed by atoms with E-state index >= 15 is 0 Å². The van der Waals surface area contributed by atoms with E-state index in [1.165, 1.54) is 0 Å². The van der Waals surface area contributed by atoms with Gasteiger partial charge in [0.15, 0.2) is 0 Å². The average Bonchev–Trinajstić information content (AvgIpc) is 2.99. The van der Waals surface area contributed by atoms with Crippen molar-refractivity contribution < 1.29 is 9.21 Å². The summed E-state index contributed by atoms with van der Waals surface area (Å²) in [5.74, 6) is 0.775. The summed E-state index contributed by atoms with van der Waals surface area (Å²) in [6, 6.07) is -0.417. The summed E-state index contributed by atoms with van der Waals surface area (Å²) in [5.41, 5.74) is 5.68. The zero-order valence-electron chi connectivity index (χ0n) is 9.43. The first-order valence-corrected chi connectivity index (χ1v) is 5.47. The first-order valence-electron chi connectivity index (χ1n) is 5.47. The summed E-state index contributed by atoms with van der Waals surface area (Å²) in [6.07, 6.45) is 2.17. The lowest BCUT2D eigenvalue weighted by Gasteiger charge is -2.12. The molecule has 0 bridgehead atoms. The SMILES string of the molecule is CC(C)[C@H](N)C(=O)Nc1nnc(C2CC2)o1. The van der Waals surface area contributed by atoms with Crippen LogP contribution in [0.1, 0.15) is 38.5 Å². The second kappa shape index (κ2) is 4.21. The monoisotopic (exact) mass is 224 g/mol. The second-order valence-corrected chi connectivity index (χ2v) is 4.48. The molecule has 1 atom stereocenters. The van der Waals surface area contributed by atoms with Crippen molar-refractivity contribution in [3.8, 4) is 0 Å². The number of rotatable bonds is 4. The number of nitrogens with one attached hydrogen (secondary N) is 1. The van der Waals surface area contributed by atoms with E-state index in [2.05, 4.69) is 15.5 Å². The van der Waals surface area contributed by atoms with Gasteiger partial charge in [0.25, 0.3) is 0 Å². The van der Waals surface area contributed by atoms with E-state index in [4.69, 9.17) is 10.2 Å². The minimum absolute atomic E-state index is 0.0748. The Hall–Kier alpha value is -1.43. The quantitative estimate of drug-likeness (QED) is 0.791. The molecule has 1 fully saturated rings. The predicted molar refractivity (Wildman–Crippen MR) is 57.7 cm³/mol. The van der Waals surface area contributed by atoms with Crippen LogP contribution in [-0.4, -0.2) is 22.1 Å². The third-order valence-corrected chi connectivity index (χ3v) is 2.62. The first kappa shape index (κ1) is 11.1. The number of hydrogen-bond acceptors (Lipinski definition) is 5. The van der Waals surface area contributed by atoms with Crippen molar-refractivity contribution in [3.05, 3.63) is 5.89 Å². The van der Waals surface area contributed by atoms with Gasteiger partial charge in [-0.25, -0.2) is 0 Å². The predicted octanol–water partition coefficient (Wildman–Crippen LogP) is 0.869. The van der Waals surface area contributed by atoms with E-state index in [1.54, 1.807) is 0 Å². The van der Waals surface area contributed by atoms with Crippen LogP contribution in [0.3, 0.4) is 0 Å². The van der Waals surface area contributed by atoms with E-state index in [0.717, 1.165) is 12.8 Å². The largest absolute Gasteiger partial charge is 0.408 e. The molecule has 0 aromatic carbocycles. The van der Waals surface area contributed by atoms with E-state index in [1.807, 2.05) is 13.8 Å². The van der Waals surface area contributed by atoms with Gasteiger partial charge in [0, 0.05) is 5.92 Å². The topological polar surface area (TPSA) is 94.0 Å². The van der Waals surface area contributed by atoms with E-state index in [0.29, 0.717) is 11.8 Å². The molecule has 1 saturated carbocycles. The number of hydrogen-bond donors (Lipinski definition) is 2. The zero-order valence-corrected chi connectivity index (χ0v) is 9.43. The summed E-state index contributed by atoms with van der Waals surface area (Å²) in [5, 5.41) is 10.1. The molecular formula is C10H16N4O2. The molecule has 16 heavy (non-hydrogen) atoms. The molecule has 1 aromatic heterocycles. The van der Waals surface area contributed by atoms with Gasteiger partial charge in [0.2, 0.25) is 11.8 Å². The number of aromatic nitrogens is 2. The highest BCUT2D eigenvalue weighted by Crippen LogP contribution is 2.39. The molecule has 0 radical (unpaired) electrons. The van der Waals surface area contributed by atoms with Crippen LogP contribution in [-0.2, 0) is 4.79 Å². The highest BCUT2D eigenvalue weighted by atomic mass is 16.4. The average molecular weight is 224 g/mol. The van der Waals surface area contributed by atoms with Crippen molar-refractivity contribution in [2.75, 3.05) is 5.32 Å². The molecule has 0 saturated heterocycles. The van der Waals surface area contributed by atoms with Crippen molar-refractivity contribution in [1.82, 2.24) is 10.2 Å². The highest BCUT2D eigenvalue weighted by Gasteiger charge is 2.30. The number of carbonyl (C=O) groups is 1. The van der Waals surface area contributed by atoms with E-state index < -0.39 is 6.04 Å². The van der Waals surface area contributed by atoms with Crippen molar-refractivity contribution in [2.24, 2.45) is 11.7 Å².